The Morgan fingerprint density at radius 3 is 2.48 bits per heavy atom. The molecule has 1 unspecified atom stereocenters. The number of carbonyl (C=O) groups is 1. The van der Waals surface area contributed by atoms with Crippen molar-refractivity contribution in [1.82, 2.24) is 5.32 Å². The van der Waals surface area contributed by atoms with Gasteiger partial charge in [0.1, 0.15) is 0 Å². The number of amides is 1. The fourth-order valence-corrected chi connectivity index (χ4v) is 2.89. The molecule has 0 aliphatic heterocycles. The van der Waals surface area contributed by atoms with Crippen molar-refractivity contribution in [1.29, 1.82) is 0 Å². The van der Waals surface area contributed by atoms with Crippen LogP contribution in [0.15, 0.2) is 42.5 Å². The highest BCUT2D eigenvalue weighted by atomic mass is 32.2. The van der Waals surface area contributed by atoms with Gasteiger partial charge in [-0.15, -0.1) is 11.8 Å². The maximum Gasteiger partial charge on any atom is 0.230 e. The Morgan fingerprint density at radius 2 is 1.83 bits per heavy atom. The minimum absolute atomic E-state index is 0.126. The Balaban J connectivity index is 1.79. The molecule has 0 aliphatic rings. The topological polar surface area (TPSA) is 29.1 Å². The van der Waals surface area contributed by atoms with Crippen LogP contribution in [0.2, 0.25) is 0 Å². The molecule has 122 valence electrons. The van der Waals surface area contributed by atoms with E-state index in [0.717, 1.165) is 17.9 Å². The number of aryl methyl sites for hydroxylation is 1. The van der Waals surface area contributed by atoms with Gasteiger partial charge in [-0.3, -0.25) is 4.79 Å². The average molecular weight is 335 g/mol. The Labute approximate surface area is 139 Å². The number of hydrogen-bond acceptors (Lipinski definition) is 2. The largest absolute Gasteiger partial charge is 0.349 e. The van der Waals surface area contributed by atoms with Crippen LogP contribution in [0.4, 0.5) is 8.78 Å². The van der Waals surface area contributed by atoms with Crippen molar-refractivity contribution < 1.29 is 13.6 Å². The lowest BCUT2D eigenvalue weighted by molar-refractivity contribution is -0.119. The molecule has 1 atom stereocenters. The van der Waals surface area contributed by atoms with Crippen molar-refractivity contribution in [3.05, 3.63) is 70.8 Å². The third-order valence-electron chi connectivity index (χ3n) is 3.44. The predicted molar refractivity (Wildman–Crippen MR) is 90.3 cm³/mol. The number of halogens is 2. The molecule has 1 N–H and O–H groups in total. The van der Waals surface area contributed by atoms with Crippen LogP contribution >= 0.6 is 11.8 Å². The van der Waals surface area contributed by atoms with Crippen LogP contribution in [0, 0.1) is 18.6 Å². The maximum atomic E-state index is 13.2. The van der Waals surface area contributed by atoms with Gasteiger partial charge in [-0.1, -0.05) is 35.9 Å². The molecular formula is C18H19F2NOS. The van der Waals surface area contributed by atoms with E-state index in [2.05, 4.69) is 5.32 Å². The van der Waals surface area contributed by atoms with E-state index < -0.39 is 11.6 Å². The molecule has 0 fully saturated rings. The molecule has 2 nitrogen and oxygen atoms in total. The Bertz CT molecular complexity index is 673. The third-order valence-corrected chi connectivity index (χ3v) is 4.45. The fourth-order valence-electron chi connectivity index (χ4n) is 2.09. The van der Waals surface area contributed by atoms with E-state index in [1.54, 1.807) is 6.92 Å². The van der Waals surface area contributed by atoms with Crippen LogP contribution in [-0.2, 0) is 10.5 Å². The zero-order chi connectivity index (χ0) is 16.8. The van der Waals surface area contributed by atoms with Gasteiger partial charge in [0.15, 0.2) is 11.6 Å². The summed E-state index contributed by atoms with van der Waals surface area (Å²) in [7, 11) is 0. The molecule has 1 amide bonds. The Hall–Kier alpha value is -1.88. The number of thioether (sulfide) groups is 1. The second kappa shape index (κ2) is 8.11. The summed E-state index contributed by atoms with van der Waals surface area (Å²) in [4.78, 5) is 11.9. The Kier molecular flexibility index (Phi) is 6.16. The molecule has 2 aromatic carbocycles. The average Bonchev–Trinajstić information content (AvgIpc) is 2.52. The van der Waals surface area contributed by atoms with E-state index in [0.29, 0.717) is 11.3 Å². The number of carbonyl (C=O) groups excluding carboxylic acids is 1. The van der Waals surface area contributed by atoms with Crippen LogP contribution in [-0.4, -0.2) is 11.7 Å². The highest BCUT2D eigenvalue weighted by Crippen LogP contribution is 2.17. The number of hydrogen-bond donors (Lipinski definition) is 1. The van der Waals surface area contributed by atoms with E-state index in [9.17, 15) is 13.6 Å². The lowest BCUT2D eigenvalue weighted by Crippen LogP contribution is -2.28. The first-order valence-corrected chi connectivity index (χ1v) is 8.49. The zero-order valence-electron chi connectivity index (χ0n) is 13.1. The zero-order valence-corrected chi connectivity index (χ0v) is 13.9. The monoisotopic (exact) mass is 335 g/mol. The summed E-state index contributed by atoms with van der Waals surface area (Å²) in [6.45, 7) is 3.78. The van der Waals surface area contributed by atoms with Crippen LogP contribution in [0.3, 0.4) is 0 Å². The first-order valence-electron chi connectivity index (χ1n) is 7.33. The first kappa shape index (κ1) is 17.5. The van der Waals surface area contributed by atoms with E-state index >= 15 is 0 Å². The molecular weight excluding hydrogens is 316 g/mol. The van der Waals surface area contributed by atoms with Gasteiger partial charge in [-0.2, -0.15) is 0 Å². The molecule has 0 bridgehead atoms. The molecule has 0 aliphatic carbocycles. The van der Waals surface area contributed by atoms with E-state index in [1.807, 2.05) is 31.2 Å². The molecule has 0 radical (unpaired) electrons. The normalized spacial score (nSPS) is 12.0. The summed E-state index contributed by atoms with van der Waals surface area (Å²) >= 11 is 1.52. The maximum absolute atomic E-state index is 13.2. The van der Waals surface area contributed by atoms with Gasteiger partial charge in [0.25, 0.3) is 0 Å². The Morgan fingerprint density at radius 1 is 1.13 bits per heavy atom. The first-order chi connectivity index (χ1) is 11.0. The standard InChI is InChI=1S/C18H19F2NOS/c1-12-3-5-14(6-4-12)10-23-11-18(22)21-13(2)15-7-8-16(19)17(20)9-15/h3-9,13H,10-11H2,1-2H3,(H,21,22). The molecule has 0 saturated carbocycles. The van der Waals surface area contributed by atoms with Crippen molar-refractivity contribution in [3.63, 3.8) is 0 Å². The van der Waals surface area contributed by atoms with Gasteiger partial charge in [-0.05, 0) is 37.1 Å². The lowest BCUT2D eigenvalue weighted by Gasteiger charge is -2.14. The van der Waals surface area contributed by atoms with Gasteiger partial charge in [-0.25, -0.2) is 8.78 Å². The van der Waals surface area contributed by atoms with Gasteiger partial charge in [0, 0.05) is 5.75 Å². The molecule has 0 spiro atoms. The molecule has 23 heavy (non-hydrogen) atoms. The smallest absolute Gasteiger partial charge is 0.230 e. The van der Waals surface area contributed by atoms with Crippen molar-refractivity contribution in [2.24, 2.45) is 0 Å². The number of rotatable bonds is 6. The molecule has 0 aromatic heterocycles. The molecule has 2 rings (SSSR count). The predicted octanol–water partition coefficient (Wildman–Crippen LogP) is 4.38. The van der Waals surface area contributed by atoms with Gasteiger partial charge >= 0.3 is 0 Å². The van der Waals surface area contributed by atoms with Crippen LogP contribution in [0.1, 0.15) is 29.7 Å². The highest BCUT2D eigenvalue weighted by Gasteiger charge is 2.12. The number of benzene rings is 2. The second-order valence-corrected chi connectivity index (χ2v) is 6.43. The summed E-state index contributed by atoms with van der Waals surface area (Å²) in [6.07, 6.45) is 0. The quantitative estimate of drug-likeness (QED) is 0.848. The number of nitrogens with one attached hydrogen (secondary N) is 1. The summed E-state index contributed by atoms with van der Waals surface area (Å²) in [5.41, 5.74) is 2.92. The highest BCUT2D eigenvalue weighted by molar-refractivity contribution is 7.99. The minimum Gasteiger partial charge on any atom is -0.349 e. The second-order valence-electron chi connectivity index (χ2n) is 5.44. The van der Waals surface area contributed by atoms with Crippen LogP contribution < -0.4 is 5.32 Å². The van der Waals surface area contributed by atoms with Crippen molar-refractivity contribution in [2.45, 2.75) is 25.6 Å². The SMILES string of the molecule is Cc1ccc(CSCC(=O)NC(C)c2ccc(F)c(F)c2)cc1. The van der Waals surface area contributed by atoms with E-state index in [4.69, 9.17) is 0 Å². The summed E-state index contributed by atoms with van der Waals surface area (Å²) in [5.74, 6) is -0.840. The van der Waals surface area contributed by atoms with Crippen molar-refractivity contribution >= 4 is 17.7 Å². The molecule has 2 aromatic rings. The summed E-state index contributed by atoms with van der Waals surface area (Å²) in [5, 5.41) is 2.79. The molecule has 5 heteroatoms. The van der Waals surface area contributed by atoms with Crippen molar-refractivity contribution in [2.75, 3.05) is 5.75 Å². The fraction of sp³-hybridized carbons (Fsp3) is 0.278. The van der Waals surface area contributed by atoms with Gasteiger partial charge in [0.05, 0.1) is 11.8 Å². The van der Waals surface area contributed by atoms with Crippen LogP contribution in [0.5, 0.6) is 0 Å². The van der Waals surface area contributed by atoms with Gasteiger partial charge < -0.3 is 5.32 Å². The summed E-state index contributed by atoms with van der Waals surface area (Å²) < 4.78 is 26.1. The minimum atomic E-state index is -0.905. The molecule has 0 heterocycles. The van der Waals surface area contributed by atoms with Gasteiger partial charge in [0.2, 0.25) is 5.91 Å². The molecule has 0 saturated heterocycles. The van der Waals surface area contributed by atoms with E-state index in [1.165, 1.54) is 29.0 Å². The summed E-state index contributed by atoms with van der Waals surface area (Å²) in [6, 6.07) is 11.5. The van der Waals surface area contributed by atoms with Crippen LogP contribution in [0.25, 0.3) is 0 Å². The lowest BCUT2D eigenvalue weighted by atomic mass is 10.1. The van der Waals surface area contributed by atoms with E-state index in [-0.39, 0.29) is 11.9 Å². The van der Waals surface area contributed by atoms with Crippen molar-refractivity contribution in [3.8, 4) is 0 Å². The third kappa shape index (κ3) is 5.36.